The van der Waals surface area contributed by atoms with Crippen molar-refractivity contribution in [3.63, 3.8) is 0 Å². The maximum absolute atomic E-state index is 12.7. The van der Waals surface area contributed by atoms with Crippen molar-refractivity contribution >= 4 is 26.5 Å². The molecule has 25 heavy (non-hydrogen) atoms. The zero-order valence-corrected chi connectivity index (χ0v) is 15.3. The normalized spacial score (nSPS) is 11.6. The first-order valence-corrected chi connectivity index (χ1v) is 10.2. The van der Waals surface area contributed by atoms with Gasteiger partial charge in [-0.25, -0.2) is 13.9 Å². The highest BCUT2D eigenvalue weighted by Crippen LogP contribution is 2.26. The molecule has 0 atom stereocenters. The number of rotatable bonds is 9. The topological polar surface area (TPSA) is 83.5 Å². The van der Waals surface area contributed by atoms with Crippen LogP contribution >= 0.6 is 0 Å². The molecular formula is C19H25NO4S. The second-order valence-electron chi connectivity index (χ2n) is 6.30. The summed E-state index contributed by atoms with van der Waals surface area (Å²) in [5.41, 5.74) is 2.68. The molecule has 0 fully saturated rings. The summed E-state index contributed by atoms with van der Waals surface area (Å²) < 4.78 is 25.4. The summed E-state index contributed by atoms with van der Waals surface area (Å²) in [4.78, 5) is 11.3. The number of hydrogen-bond donors (Lipinski definition) is 2. The minimum absolute atomic E-state index is 0.136. The lowest BCUT2D eigenvalue weighted by atomic mass is 10.1. The fourth-order valence-electron chi connectivity index (χ4n) is 2.98. The maximum atomic E-state index is 12.7. The standard InChI is InChI=1S/C19H25NO4S/c1-15-9-7-11-17-16(15)10-8-12-18(17)25(23,24)14-6-4-2-3-5-13-19(21)20-22/h7-12,22H,2-6,13-14H2,1H3,(H,20,21). The van der Waals surface area contributed by atoms with Gasteiger partial charge in [0.2, 0.25) is 5.91 Å². The number of unbranched alkanes of at least 4 members (excludes halogenated alkanes) is 4. The van der Waals surface area contributed by atoms with Crippen LogP contribution in [0, 0.1) is 6.92 Å². The van der Waals surface area contributed by atoms with E-state index in [1.165, 1.54) is 0 Å². The van der Waals surface area contributed by atoms with E-state index >= 15 is 0 Å². The van der Waals surface area contributed by atoms with Crippen LogP contribution in [-0.2, 0) is 14.6 Å². The van der Waals surface area contributed by atoms with Gasteiger partial charge in [0.05, 0.1) is 10.6 Å². The predicted octanol–water partition coefficient (Wildman–Crippen LogP) is 3.77. The average Bonchev–Trinajstić information content (AvgIpc) is 2.60. The number of carbonyl (C=O) groups excluding carboxylic acids is 1. The second kappa shape index (κ2) is 8.97. The molecule has 0 bridgehead atoms. The highest BCUT2D eigenvalue weighted by molar-refractivity contribution is 7.91. The quantitative estimate of drug-likeness (QED) is 0.403. The fraction of sp³-hybridized carbons (Fsp3) is 0.421. The Morgan fingerprint density at radius 2 is 1.60 bits per heavy atom. The number of hydrogen-bond acceptors (Lipinski definition) is 4. The van der Waals surface area contributed by atoms with E-state index < -0.39 is 9.84 Å². The first-order chi connectivity index (χ1) is 12.0. The van der Waals surface area contributed by atoms with E-state index in [1.807, 2.05) is 31.2 Å². The predicted molar refractivity (Wildman–Crippen MR) is 98.4 cm³/mol. The van der Waals surface area contributed by atoms with E-state index in [1.54, 1.807) is 17.6 Å². The molecule has 0 aliphatic rings. The Hall–Kier alpha value is -1.92. The molecule has 0 saturated heterocycles. The van der Waals surface area contributed by atoms with Crippen molar-refractivity contribution in [1.82, 2.24) is 5.48 Å². The monoisotopic (exact) mass is 363 g/mol. The molecule has 0 spiro atoms. The minimum atomic E-state index is -3.31. The fourth-order valence-corrected chi connectivity index (χ4v) is 4.59. The van der Waals surface area contributed by atoms with Crippen LogP contribution in [0.25, 0.3) is 10.8 Å². The van der Waals surface area contributed by atoms with Gasteiger partial charge in [0.25, 0.3) is 0 Å². The Morgan fingerprint density at radius 3 is 2.36 bits per heavy atom. The SMILES string of the molecule is Cc1cccc2c(S(=O)(=O)CCCCCCCC(=O)NO)cccc12. The molecule has 136 valence electrons. The van der Waals surface area contributed by atoms with Gasteiger partial charge in [0.15, 0.2) is 9.84 Å². The van der Waals surface area contributed by atoms with Crippen LogP contribution in [0.5, 0.6) is 0 Å². The average molecular weight is 363 g/mol. The maximum Gasteiger partial charge on any atom is 0.243 e. The van der Waals surface area contributed by atoms with Crippen LogP contribution in [0.3, 0.4) is 0 Å². The Balaban J connectivity index is 1.90. The summed E-state index contributed by atoms with van der Waals surface area (Å²) in [6.45, 7) is 1.98. The second-order valence-corrected chi connectivity index (χ2v) is 8.38. The third kappa shape index (κ3) is 5.28. The number of aryl methyl sites for hydroxylation is 1. The molecule has 2 N–H and O–H groups in total. The Kier molecular flexibility index (Phi) is 6.96. The van der Waals surface area contributed by atoms with Gasteiger partial charge in [-0.2, -0.15) is 0 Å². The summed E-state index contributed by atoms with van der Waals surface area (Å²) in [6.07, 6.45) is 4.14. The number of nitrogens with one attached hydrogen (secondary N) is 1. The van der Waals surface area contributed by atoms with Crippen molar-refractivity contribution in [2.24, 2.45) is 0 Å². The van der Waals surface area contributed by atoms with Gasteiger partial charge in [-0.15, -0.1) is 0 Å². The summed E-state index contributed by atoms with van der Waals surface area (Å²) >= 11 is 0. The van der Waals surface area contributed by atoms with E-state index in [0.29, 0.717) is 24.2 Å². The van der Waals surface area contributed by atoms with E-state index in [-0.39, 0.29) is 11.7 Å². The lowest BCUT2D eigenvalue weighted by molar-refractivity contribution is -0.129. The minimum Gasteiger partial charge on any atom is -0.289 e. The number of amides is 1. The van der Waals surface area contributed by atoms with Gasteiger partial charge < -0.3 is 0 Å². The molecule has 5 nitrogen and oxygen atoms in total. The largest absolute Gasteiger partial charge is 0.289 e. The summed E-state index contributed by atoms with van der Waals surface area (Å²) in [5, 5.41) is 10.2. The van der Waals surface area contributed by atoms with Gasteiger partial charge >= 0.3 is 0 Å². The molecule has 6 heteroatoms. The Morgan fingerprint density at radius 1 is 0.960 bits per heavy atom. The first kappa shape index (κ1) is 19.4. The van der Waals surface area contributed by atoms with Gasteiger partial charge in [0, 0.05) is 11.8 Å². The number of sulfone groups is 1. The third-order valence-corrected chi connectivity index (χ3v) is 6.23. The molecule has 2 aromatic rings. The lowest BCUT2D eigenvalue weighted by Crippen LogP contribution is -2.17. The first-order valence-electron chi connectivity index (χ1n) is 8.60. The summed E-state index contributed by atoms with van der Waals surface area (Å²) in [7, 11) is -3.31. The van der Waals surface area contributed by atoms with E-state index in [9.17, 15) is 13.2 Å². The number of hydroxylamine groups is 1. The van der Waals surface area contributed by atoms with Crippen molar-refractivity contribution in [3.8, 4) is 0 Å². The molecule has 1 amide bonds. The molecule has 0 aromatic heterocycles. The van der Waals surface area contributed by atoms with Gasteiger partial charge in [-0.05, 0) is 36.8 Å². The number of benzene rings is 2. The van der Waals surface area contributed by atoms with Gasteiger partial charge in [-0.1, -0.05) is 49.6 Å². The molecule has 2 aromatic carbocycles. The lowest BCUT2D eigenvalue weighted by Gasteiger charge is -2.09. The molecule has 0 heterocycles. The van der Waals surface area contributed by atoms with Gasteiger partial charge in [0.1, 0.15) is 0 Å². The smallest absolute Gasteiger partial charge is 0.243 e. The van der Waals surface area contributed by atoms with E-state index in [4.69, 9.17) is 5.21 Å². The molecule has 2 rings (SSSR count). The Labute approximate surface area is 148 Å². The highest BCUT2D eigenvalue weighted by atomic mass is 32.2. The molecule has 0 unspecified atom stereocenters. The zero-order chi connectivity index (χ0) is 18.3. The van der Waals surface area contributed by atoms with Crippen molar-refractivity contribution in [2.75, 3.05) is 5.75 Å². The molecular weight excluding hydrogens is 338 g/mol. The summed E-state index contributed by atoms with van der Waals surface area (Å²) in [6, 6.07) is 11.2. The Bertz CT molecular complexity index is 830. The van der Waals surface area contributed by atoms with Crippen LogP contribution in [0.2, 0.25) is 0 Å². The molecule has 0 aliphatic heterocycles. The molecule has 0 radical (unpaired) electrons. The van der Waals surface area contributed by atoms with E-state index in [2.05, 4.69) is 0 Å². The molecule has 0 saturated carbocycles. The van der Waals surface area contributed by atoms with Crippen molar-refractivity contribution in [3.05, 3.63) is 42.0 Å². The third-order valence-electron chi connectivity index (χ3n) is 4.38. The van der Waals surface area contributed by atoms with Crippen LogP contribution in [0.15, 0.2) is 41.3 Å². The highest BCUT2D eigenvalue weighted by Gasteiger charge is 2.17. The van der Waals surface area contributed by atoms with Crippen molar-refractivity contribution in [2.45, 2.75) is 50.3 Å². The number of carbonyl (C=O) groups is 1. The van der Waals surface area contributed by atoms with Crippen molar-refractivity contribution < 1.29 is 18.4 Å². The van der Waals surface area contributed by atoms with Gasteiger partial charge in [-0.3, -0.25) is 10.0 Å². The number of fused-ring (bicyclic) bond motifs is 1. The van der Waals surface area contributed by atoms with E-state index in [0.717, 1.165) is 35.6 Å². The van der Waals surface area contributed by atoms with Crippen molar-refractivity contribution in [1.29, 1.82) is 0 Å². The molecule has 0 aliphatic carbocycles. The van der Waals surface area contributed by atoms with Crippen LogP contribution in [-0.4, -0.2) is 25.3 Å². The van der Waals surface area contributed by atoms with Crippen LogP contribution in [0.1, 0.15) is 44.1 Å². The van der Waals surface area contributed by atoms with Crippen LogP contribution < -0.4 is 5.48 Å². The summed E-state index contributed by atoms with van der Waals surface area (Å²) in [5.74, 6) is -0.245. The zero-order valence-electron chi connectivity index (χ0n) is 14.5. The van der Waals surface area contributed by atoms with Crippen LogP contribution in [0.4, 0.5) is 0 Å².